The Labute approximate surface area is 193 Å². The van der Waals surface area contributed by atoms with Crippen LogP contribution >= 0.6 is 0 Å². The van der Waals surface area contributed by atoms with Crippen LogP contribution in [0.15, 0.2) is 60.8 Å². The van der Waals surface area contributed by atoms with Crippen molar-refractivity contribution in [3.8, 4) is 5.75 Å². The lowest BCUT2D eigenvalue weighted by Gasteiger charge is -2.11. The molecule has 0 radical (unpaired) electrons. The van der Waals surface area contributed by atoms with Crippen molar-refractivity contribution in [1.29, 1.82) is 0 Å². The zero-order chi connectivity index (χ0) is 23.6. The fourth-order valence-electron chi connectivity index (χ4n) is 3.50. The fourth-order valence-corrected chi connectivity index (χ4v) is 3.50. The molecule has 7 nitrogen and oxygen atoms in total. The lowest BCUT2D eigenvalue weighted by molar-refractivity contribution is -0.137. The number of hydrogen-bond acceptors (Lipinski definition) is 4. The number of rotatable bonds is 12. The molecular weight excluding hydrogens is 420 g/mol. The minimum absolute atomic E-state index is 0.0384. The summed E-state index contributed by atoms with van der Waals surface area (Å²) in [6.07, 6.45) is 4.05. The van der Waals surface area contributed by atoms with Gasteiger partial charge < -0.3 is 24.5 Å². The number of aromatic nitrogens is 1. The number of amides is 1. The molecule has 0 aliphatic carbocycles. The van der Waals surface area contributed by atoms with Gasteiger partial charge in [-0.1, -0.05) is 18.2 Å². The van der Waals surface area contributed by atoms with E-state index in [-0.39, 0.29) is 18.9 Å². The van der Waals surface area contributed by atoms with E-state index in [1.54, 1.807) is 30.3 Å². The number of para-hydroxylation sites is 2. The van der Waals surface area contributed by atoms with Crippen LogP contribution in [0.5, 0.6) is 5.75 Å². The molecule has 0 atom stereocenters. The number of fused-ring (bicyclic) bond motifs is 1. The maximum absolute atomic E-state index is 12.6. The van der Waals surface area contributed by atoms with Crippen molar-refractivity contribution in [3.05, 3.63) is 66.4 Å². The summed E-state index contributed by atoms with van der Waals surface area (Å²) in [5, 5.41) is 12.7. The Hall–Kier alpha value is -3.58. The van der Waals surface area contributed by atoms with Crippen molar-refractivity contribution < 1.29 is 24.2 Å². The van der Waals surface area contributed by atoms with Gasteiger partial charge in [-0.15, -0.1) is 0 Å². The molecule has 0 aliphatic heterocycles. The first-order valence-electron chi connectivity index (χ1n) is 11.1. The van der Waals surface area contributed by atoms with E-state index in [4.69, 9.17) is 14.6 Å². The van der Waals surface area contributed by atoms with Crippen molar-refractivity contribution >= 4 is 34.0 Å². The van der Waals surface area contributed by atoms with Crippen molar-refractivity contribution in [1.82, 2.24) is 4.57 Å². The monoisotopic (exact) mass is 450 g/mol. The molecule has 0 unspecified atom stereocenters. The highest BCUT2D eigenvalue weighted by Crippen LogP contribution is 2.25. The van der Waals surface area contributed by atoms with E-state index in [9.17, 15) is 9.59 Å². The Morgan fingerprint density at radius 1 is 1.12 bits per heavy atom. The van der Waals surface area contributed by atoms with Crippen molar-refractivity contribution in [2.45, 2.75) is 33.2 Å². The summed E-state index contributed by atoms with van der Waals surface area (Å²) in [4.78, 5) is 23.3. The predicted octanol–water partition coefficient (Wildman–Crippen LogP) is 4.96. The Kier molecular flexibility index (Phi) is 8.66. The van der Waals surface area contributed by atoms with E-state index >= 15 is 0 Å². The minimum atomic E-state index is -0.860. The molecule has 0 bridgehead atoms. The van der Waals surface area contributed by atoms with E-state index < -0.39 is 5.97 Å². The first-order valence-corrected chi connectivity index (χ1v) is 11.1. The third kappa shape index (κ3) is 6.95. The molecule has 1 heterocycles. The van der Waals surface area contributed by atoms with E-state index in [2.05, 4.69) is 28.1 Å². The van der Waals surface area contributed by atoms with E-state index in [1.807, 2.05) is 26.1 Å². The van der Waals surface area contributed by atoms with Gasteiger partial charge in [0, 0.05) is 42.7 Å². The molecule has 7 heteroatoms. The molecule has 1 aromatic heterocycles. The maximum atomic E-state index is 12.6. The number of allylic oxidation sites excluding steroid dienone is 1. The molecular formula is C26H30N2O5. The molecule has 0 saturated carbocycles. The van der Waals surface area contributed by atoms with Gasteiger partial charge in [-0.25, -0.2) is 0 Å². The molecule has 3 rings (SSSR count). The standard InChI is InChI=1S/C26H30N2O5/c1-3-32-16-14-28-13-12-21-18-20(10-11-23(21)28)19(2)17-25(29)27-22-7-4-5-8-24(22)33-15-6-9-26(30)31/h4-5,7-8,10-13,17-18H,3,6,9,14-16H2,1-2H3,(H,27,29)(H,30,31)/b19-17+. The lowest BCUT2D eigenvalue weighted by atomic mass is 10.0. The number of nitrogens with one attached hydrogen (secondary N) is 1. The molecule has 0 aliphatic rings. The van der Waals surface area contributed by atoms with Gasteiger partial charge in [0.15, 0.2) is 0 Å². The second-order valence-corrected chi connectivity index (χ2v) is 7.64. The smallest absolute Gasteiger partial charge is 0.303 e. The maximum Gasteiger partial charge on any atom is 0.303 e. The third-order valence-electron chi connectivity index (χ3n) is 5.19. The zero-order valence-corrected chi connectivity index (χ0v) is 19.0. The Bertz CT molecular complexity index is 1130. The normalized spacial score (nSPS) is 11.5. The van der Waals surface area contributed by atoms with Crippen molar-refractivity contribution in [3.63, 3.8) is 0 Å². The first-order chi connectivity index (χ1) is 16.0. The van der Waals surface area contributed by atoms with Crippen LogP contribution in [0.3, 0.4) is 0 Å². The number of carboxylic acid groups (broad SMARTS) is 1. The summed E-state index contributed by atoms with van der Waals surface area (Å²) in [6, 6.07) is 15.3. The quantitative estimate of drug-likeness (QED) is 0.301. The Morgan fingerprint density at radius 3 is 2.73 bits per heavy atom. The average molecular weight is 451 g/mol. The van der Waals surface area contributed by atoms with Gasteiger partial charge >= 0.3 is 5.97 Å². The van der Waals surface area contributed by atoms with E-state index in [1.165, 1.54) is 0 Å². The summed E-state index contributed by atoms with van der Waals surface area (Å²) in [7, 11) is 0. The number of hydrogen-bond donors (Lipinski definition) is 2. The Morgan fingerprint density at radius 2 is 1.94 bits per heavy atom. The highest BCUT2D eigenvalue weighted by Gasteiger charge is 2.09. The van der Waals surface area contributed by atoms with Crippen LogP contribution in [-0.2, 0) is 20.9 Å². The van der Waals surface area contributed by atoms with Crippen LogP contribution < -0.4 is 10.1 Å². The van der Waals surface area contributed by atoms with Gasteiger partial charge in [-0.3, -0.25) is 9.59 Å². The SMILES string of the molecule is CCOCCn1ccc2cc(/C(C)=C/C(=O)Nc3ccccc3OCCCC(=O)O)ccc21. The second-order valence-electron chi connectivity index (χ2n) is 7.64. The average Bonchev–Trinajstić information content (AvgIpc) is 3.20. The summed E-state index contributed by atoms with van der Waals surface area (Å²) >= 11 is 0. The number of benzene rings is 2. The second kappa shape index (κ2) is 11.9. The number of aliphatic carboxylic acids is 1. The van der Waals surface area contributed by atoms with E-state index in [0.29, 0.717) is 31.1 Å². The van der Waals surface area contributed by atoms with Gasteiger partial charge in [-0.2, -0.15) is 0 Å². The molecule has 2 aromatic carbocycles. The predicted molar refractivity (Wildman–Crippen MR) is 130 cm³/mol. The summed E-state index contributed by atoms with van der Waals surface area (Å²) in [6.45, 7) is 6.33. The molecule has 1 amide bonds. The van der Waals surface area contributed by atoms with Gasteiger partial charge in [0.25, 0.3) is 0 Å². The molecule has 0 saturated heterocycles. The molecule has 0 spiro atoms. The molecule has 33 heavy (non-hydrogen) atoms. The summed E-state index contributed by atoms with van der Waals surface area (Å²) in [5.74, 6) is -0.610. The third-order valence-corrected chi connectivity index (χ3v) is 5.19. The number of carboxylic acids is 1. The van der Waals surface area contributed by atoms with Gasteiger partial charge in [0.1, 0.15) is 5.75 Å². The molecule has 0 fully saturated rings. The topological polar surface area (TPSA) is 89.8 Å². The minimum Gasteiger partial charge on any atom is -0.491 e. The summed E-state index contributed by atoms with van der Waals surface area (Å²) < 4.78 is 13.3. The number of nitrogens with zero attached hydrogens (tertiary/aromatic N) is 1. The van der Waals surface area contributed by atoms with Crippen LogP contribution in [0.4, 0.5) is 5.69 Å². The van der Waals surface area contributed by atoms with E-state index in [0.717, 1.165) is 28.6 Å². The number of carbonyl (C=O) groups is 2. The number of carbonyl (C=O) groups excluding carboxylic acids is 1. The van der Waals surface area contributed by atoms with Gasteiger partial charge in [-0.05, 0) is 61.7 Å². The van der Waals surface area contributed by atoms with Crippen LogP contribution in [0.1, 0.15) is 32.3 Å². The lowest BCUT2D eigenvalue weighted by Crippen LogP contribution is -2.11. The van der Waals surface area contributed by atoms with Crippen LogP contribution in [0.2, 0.25) is 0 Å². The number of ether oxygens (including phenoxy) is 2. The highest BCUT2D eigenvalue weighted by atomic mass is 16.5. The van der Waals surface area contributed by atoms with Gasteiger partial charge in [0.2, 0.25) is 5.91 Å². The molecule has 2 N–H and O–H groups in total. The van der Waals surface area contributed by atoms with Crippen LogP contribution in [-0.4, -0.2) is 41.4 Å². The molecule has 174 valence electrons. The van der Waals surface area contributed by atoms with Crippen molar-refractivity contribution in [2.24, 2.45) is 0 Å². The molecule has 3 aromatic rings. The first kappa shape index (κ1) is 24.1. The summed E-state index contributed by atoms with van der Waals surface area (Å²) in [5.41, 5.74) is 3.49. The van der Waals surface area contributed by atoms with Crippen LogP contribution in [0, 0.1) is 0 Å². The fraction of sp³-hybridized carbons (Fsp3) is 0.308. The zero-order valence-electron chi connectivity index (χ0n) is 19.0. The van der Waals surface area contributed by atoms with Crippen LogP contribution in [0.25, 0.3) is 16.5 Å². The highest BCUT2D eigenvalue weighted by molar-refractivity contribution is 6.04. The largest absolute Gasteiger partial charge is 0.491 e. The van der Waals surface area contributed by atoms with Crippen molar-refractivity contribution in [2.75, 3.05) is 25.1 Å². The van der Waals surface area contributed by atoms with Gasteiger partial charge in [0.05, 0.1) is 18.9 Å². The Balaban J connectivity index is 1.66. The number of anilines is 1.